The Morgan fingerprint density at radius 2 is 2.07 bits per heavy atom. The zero-order valence-electron chi connectivity index (χ0n) is 8.58. The molecule has 0 spiro atoms. The Kier molecular flexibility index (Phi) is 3.12. The van der Waals surface area contributed by atoms with Crippen molar-refractivity contribution in [2.24, 2.45) is 0 Å². The van der Waals surface area contributed by atoms with Gasteiger partial charge in [0.15, 0.2) is 0 Å². The molecule has 1 aromatic carbocycles. The molecule has 0 unspecified atom stereocenters. The Bertz CT molecular complexity index is 457. The first-order valence-corrected chi connectivity index (χ1v) is 6.22. The summed E-state index contributed by atoms with van der Waals surface area (Å²) in [6.45, 7) is 2.11. The van der Waals surface area contributed by atoms with Gasteiger partial charge in [0.1, 0.15) is 5.75 Å². The summed E-state index contributed by atoms with van der Waals surface area (Å²) < 4.78 is 6.38. The number of ether oxygens (including phenoxy) is 1. The minimum atomic E-state index is 0.898. The molecule has 0 radical (unpaired) electrons. The molecule has 0 aliphatic carbocycles. The molecule has 2 aromatic rings. The number of methoxy groups -OCH3 is 1. The van der Waals surface area contributed by atoms with Crippen LogP contribution in [0.2, 0.25) is 0 Å². The molecule has 15 heavy (non-hydrogen) atoms. The Labute approximate surface area is 102 Å². The minimum absolute atomic E-state index is 0.898. The van der Waals surface area contributed by atoms with Crippen LogP contribution in [0, 0.1) is 6.92 Å². The molecule has 0 fully saturated rings. The zero-order valence-corrected chi connectivity index (χ0v) is 11.0. The number of thiophene rings is 1. The molecule has 0 bridgehead atoms. The molecular weight excluding hydrogens is 272 g/mol. The van der Waals surface area contributed by atoms with Crippen molar-refractivity contribution in [2.45, 2.75) is 6.92 Å². The maximum Gasteiger partial charge on any atom is 0.119 e. The van der Waals surface area contributed by atoms with Crippen molar-refractivity contribution in [1.82, 2.24) is 0 Å². The van der Waals surface area contributed by atoms with Crippen LogP contribution in [0.3, 0.4) is 0 Å². The van der Waals surface area contributed by atoms with Gasteiger partial charge in [-0.15, -0.1) is 11.3 Å². The Morgan fingerprint density at radius 3 is 2.67 bits per heavy atom. The third-order valence-electron chi connectivity index (χ3n) is 2.21. The first-order valence-electron chi connectivity index (χ1n) is 4.61. The molecule has 0 saturated carbocycles. The maximum absolute atomic E-state index is 5.21. The van der Waals surface area contributed by atoms with Crippen LogP contribution < -0.4 is 4.74 Å². The topological polar surface area (TPSA) is 9.23 Å². The van der Waals surface area contributed by atoms with E-state index in [-0.39, 0.29) is 0 Å². The number of hydrogen-bond donors (Lipinski definition) is 0. The molecule has 0 N–H and O–H groups in total. The summed E-state index contributed by atoms with van der Waals surface area (Å²) in [4.78, 5) is 2.56. The van der Waals surface area contributed by atoms with Crippen LogP contribution in [0.1, 0.15) is 4.88 Å². The SMILES string of the molecule is COc1cccc(-c2cc(Br)c(C)s2)c1. The predicted molar refractivity (Wildman–Crippen MR) is 68.7 cm³/mol. The molecule has 0 amide bonds. The van der Waals surface area contributed by atoms with Gasteiger partial charge in [0, 0.05) is 14.2 Å². The molecule has 0 aliphatic heterocycles. The van der Waals surface area contributed by atoms with Gasteiger partial charge in [-0.05, 0) is 46.6 Å². The second-order valence-corrected chi connectivity index (χ2v) is 5.36. The van der Waals surface area contributed by atoms with Crippen molar-refractivity contribution in [3.8, 4) is 16.2 Å². The second kappa shape index (κ2) is 4.37. The largest absolute Gasteiger partial charge is 0.497 e. The summed E-state index contributed by atoms with van der Waals surface area (Å²) in [6.07, 6.45) is 0. The van der Waals surface area contributed by atoms with E-state index in [4.69, 9.17) is 4.74 Å². The van der Waals surface area contributed by atoms with E-state index in [1.54, 1.807) is 18.4 Å². The summed E-state index contributed by atoms with van der Waals surface area (Å²) in [7, 11) is 1.69. The van der Waals surface area contributed by atoms with Crippen LogP contribution >= 0.6 is 27.3 Å². The molecule has 1 nitrogen and oxygen atoms in total. The van der Waals surface area contributed by atoms with Crippen LogP contribution in [-0.2, 0) is 0 Å². The number of halogens is 1. The standard InChI is InChI=1S/C12H11BrOS/c1-8-11(13)7-12(15-8)9-4-3-5-10(6-9)14-2/h3-7H,1-2H3. The Balaban J connectivity index is 2.44. The van der Waals surface area contributed by atoms with Crippen LogP contribution in [0.25, 0.3) is 10.4 Å². The van der Waals surface area contributed by atoms with E-state index in [1.165, 1.54) is 19.8 Å². The number of benzene rings is 1. The number of rotatable bonds is 2. The lowest BCUT2D eigenvalue weighted by Gasteiger charge is -2.01. The third kappa shape index (κ3) is 2.24. The number of hydrogen-bond acceptors (Lipinski definition) is 2. The van der Waals surface area contributed by atoms with E-state index in [1.807, 2.05) is 12.1 Å². The van der Waals surface area contributed by atoms with Crippen molar-refractivity contribution in [3.63, 3.8) is 0 Å². The molecule has 0 aliphatic rings. The number of aryl methyl sites for hydroxylation is 1. The fraction of sp³-hybridized carbons (Fsp3) is 0.167. The van der Waals surface area contributed by atoms with E-state index in [2.05, 4.69) is 41.1 Å². The smallest absolute Gasteiger partial charge is 0.119 e. The highest BCUT2D eigenvalue weighted by Crippen LogP contribution is 2.35. The molecule has 1 aromatic heterocycles. The van der Waals surface area contributed by atoms with Gasteiger partial charge in [-0.1, -0.05) is 12.1 Å². The fourth-order valence-electron chi connectivity index (χ4n) is 1.38. The average Bonchev–Trinajstić information content (AvgIpc) is 2.59. The van der Waals surface area contributed by atoms with Gasteiger partial charge in [-0.3, -0.25) is 0 Å². The highest BCUT2D eigenvalue weighted by atomic mass is 79.9. The first kappa shape index (κ1) is 10.7. The molecule has 78 valence electrons. The third-order valence-corrected chi connectivity index (χ3v) is 4.40. The highest BCUT2D eigenvalue weighted by molar-refractivity contribution is 9.10. The van der Waals surface area contributed by atoms with E-state index >= 15 is 0 Å². The molecule has 2 rings (SSSR count). The molecule has 3 heteroatoms. The van der Waals surface area contributed by atoms with Crippen LogP contribution in [0.15, 0.2) is 34.8 Å². The molecular formula is C12H11BrOS. The van der Waals surface area contributed by atoms with Crippen LogP contribution in [0.5, 0.6) is 5.75 Å². The summed E-state index contributed by atoms with van der Waals surface area (Å²) in [5, 5.41) is 0. The van der Waals surface area contributed by atoms with Gasteiger partial charge in [-0.25, -0.2) is 0 Å². The Morgan fingerprint density at radius 1 is 1.27 bits per heavy atom. The lowest BCUT2D eigenvalue weighted by atomic mass is 10.2. The van der Waals surface area contributed by atoms with E-state index in [0.717, 1.165) is 5.75 Å². The van der Waals surface area contributed by atoms with E-state index in [9.17, 15) is 0 Å². The lowest BCUT2D eigenvalue weighted by Crippen LogP contribution is -1.81. The lowest BCUT2D eigenvalue weighted by molar-refractivity contribution is 0.415. The van der Waals surface area contributed by atoms with Crippen LogP contribution in [0.4, 0.5) is 0 Å². The summed E-state index contributed by atoms with van der Waals surface area (Å²) in [5.74, 6) is 0.898. The maximum atomic E-state index is 5.21. The van der Waals surface area contributed by atoms with Gasteiger partial charge in [0.05, 0.1) is 7.11 Å². The average molecular weight is 283 g/mol. The molecule has 0 saturated heterocycles. The monoisotopic (exact) mass is 282 g/mol. The quantitative estimate of drug-likeness (QED) is 0.788. The van der Waals surface area contributed by atoms with Crippen LogP contribution in [-0.4, -0.2) is 7.11 Å². The summed E-state index contributed by atoms with van der Waals surface area (Å²) in [6, 6.07) is 10.3. The Hall–Kier alpha value is -0.800. The van der Waals surface area contributed by atoms with Gasteiger partial charge in [0.25, 0.3) is 0 Å². The molecule has 1 heterocycles. The highest BCUT2D eigenvalue weighted by Gasteiger charge is 2.05. The minimum Gasteiger partial charge on any atom is -0.497 e. The fourth-order valence-corrected chi connectivity index (χ4v) is 2.91. The van der Waals surface area contributed by atoms with Crippen molar-refractivity contribution in [1.29, 1.82) is 0 Å². The van der Waals surface area contributed by atoms with Crippen molar-refractivity contribution < 1.29 is 4.74 Å². The summed E-state index contributed by atoms with van der Waals surface area (Å²) >= 11 is 5.31. The first-order chi connectivity index (χ1) is 7.20. The summed E-state index contributed by atoms with van der Waals surface area (Å²) in [5.41, 5.74) is 1.20. The van der Waals surface area contributed by atoms with Gasteiger partial charge in [-0.2, -0.15) is 0 Å². The predicted octanol–water partition coefficient (Wildman–Crippen LogP) is 4.49. The van der Waals surface area contributed by atoms with Crippen molar-refractivity contribution in [3.05, 3.63) is 39.7 Å². The van der Waals surface area contributed by atoms with Crippen molar-refractivity contribution >= 4 is 27.3 Å². The van der Waals surface area contributed by atoms with E-state index in [0.29, 0.717) is 0 Å². The molecule has 0 atom stereocenters. The zero-order chi connectivity index (χ0) is 10.8. The van der Waals surface area contributed by atoms with Gasteiger partial charge < -0.3 is 4.74 Å². The normalized spacial score (nSPS) is 10.3. The van der Waals surface area contributed by atoms with Crippen molar-refractivity contribution in [2.75, 3.05) is 7.11 Å². The van der Waals surface area contributed by atoms with Gasteiger partial charge in [0.2, 0.25) is 0 Å². The second-order valence-electron chi connectivity index (χ2n) is 3.25. The van der Waals surface area contributed by atoms with E-state index < -0.39 is 0 Å². The van der Waals surface area contributed by atoms with Gasteiger partial charge >= 0.3 is 0 Å².